The van der Waals surface area contributed by atoms with Gasteiger partial charge in [0.1, 0.15) is 12.4 Å². The van der Waals surface area contributed by atoms with E-state index >= 15 is 0 Å². The van der Waals surface area contributed by atoms with Crippen LogP contribution in [0.5, 0.6) is 5.75 Å². The number of pyridine rings is 2. The van der Waals surface area contributed by atoms with Crippen molar-refractivity contribution in [1.82, 2.24) is 9.97 Å². The number of rotatable bonds is 7. The highest BCUT2D eigenvalue weighted by Gasteiger charge is 2.04. The summed E-state index contributed by atoms with van der Waals surface area (Å²) in [6, 6.07) is 12.5. The number of primary amides is 1. The van der Waals surface area contributed by atoms with Gasteiger partial charge in [-0.3, -0.25) is 19.6 Å². The number of carbonyl (C=O) groups excluding carboxylic acids is 2. The van der Waals surface area contributed by atoms with Gasteiger partial charge in [0.2, 0.25) is 11.8 Å². The van der Waals surface area contributed by atoms with E-state index in [0.717, 1.165) is 11.1 Å². The van der Waals surface area contributed by atoms with Crippen LogP contribution in [-0.4, -0.2) is 21.8 Å². The van der Waals surface area contributed by atoms with E-state index in [2.05, 4.69) is 15.3 Å². The van der Waals surface area contributed by atoms with Crippen LogP contribution in [0.15, 0.2) is 73.3 Å². The van der Waals surface area contributed by atoms with E-state index < -0.39 is 5.91 Å². The van der Waals surface area contributed by atoms with Crippen molar-refractivity contribution in [3.63, 3.8) is 0 Å². The lowest BCUT2D eigenvalue weighted by Gasteiger charge is -2.08. The summed E-state index contributed by atoms with van der Waals surface area (Å²) in [5.41, 5.74) is 7.84. The number of amides is 2. The number of nitrogens with zero attached hydrogens (tertiary/aromatic N) is 2. The molecule has 3 N–H and O–H groups in total. The molecule has 0 radical (unpaired) electrons. The number of aromatic nitrogens is 2. The first kappa shape index (κ1) is 18.8. The minimum absolute atomic E-state index is 0.249. The molecule has 1 aromatic carbocycles. The standard InChI is InChI=1S/C21H18N4O3/c22-21(27)17-10-19(13-24-12-17)28-14-16-3-1-5-18(9-16)25-20(26)7-6-15-4-2-8-23-11-15/h1-13H,14H2,(H2,22,27)(H,25,26). The molecule has 2 heterocycles. The molecule has 0 aliphatic carbocycles. The molecule has 3 aromatic rings. The van der Waals surface area contributed by atoms with Crippen molar-refractivity contribution in [2.45, 2.75) is 6.61 Å². The largest absolute Gasteiger partial charge is 0.487 e. The maximum Gasteiger partial charge on any atom is 0.250 e. The quantitative estimate of drug-likeness (QED) is 0.619. The third kappa shape index (κ3) is 5.50. The monoisotopic (exact) mass is 374 g/mol. The molecule has 7 heteroatoms. The summed E-state index contributed by atoms with van der Waals surface area (Å²) in [6.45, 7) is 0.249. The van der Waals surface area contributed by atoms with Crippen LogP contribution in [0.4, 0.5) is 5.69 Å². The minimum atomic E-state index is -0.568. The average molecular weight is 374 g/mol. The van der Waals surface area contributed by atoms with Crippen molar-refractivity contribution in [1.29, 1.82) is 0 Å². The summed E-state index contributed by atoms with van der Waals surface area (Å²) in [4.78, 5) is 31.2. The Hall–Kier alpha value is -4.00. The predicted molar refractivity (Wildman–Crippen MR) is 105 cm³/mol. The number of benzene rings is 1. The second-order valence-corrected chi connectivity index (χ2v) is 5.87. The molecule has 0 aliphatic rings. The molecular formula is C21H18N4O3. The zero-order valence-corrected chi connectivity index (χ0v) is 14.9. The van der Waals surface area contributed by atoms with Crippen molar-refractivity contribution in [3.05, 3.63) is 90.0 Å². The Morgan fingerprint density at radius 1 is 1.07 bits per heavy atom. The Morgan fingerprint density at radius 2 is 1.96 bits per heavy atom. The van der Waals surface area contributed by atoms with Crippen LogP contribution in [0, 0.1) is 0 Å². The fraction of sp³-hybridized carbons (Fsp3) is 0.0476. The topological polar surface area (TPSA) is 107 Å². The molecular weight excluding hydrogens is 356 g/mol. The molecule has 2 aromatic heterocycles. The minimum Gasteiger partial charge on any atom is -0.487 e. The number of carbonyl (C=O) groups is 2. The molecule has 2 amide bonds. The third-order valence-corrected chi connectivity index (χ3v) is 3.71. The van der Waals surface area contributed by atoms with Gasteiger partial charge in [-0.25, -0.2) is 0 Å². The number of anilines is 1. The summed E-state index contributed by atoms with van der Waals surface area (Å²) >= 11 is 0. The lowest BCUT2D eigenvalue weighted by Crippen LogP contribution is -2.11. The molecule has 28 heavy (non-hydrogen) atoms. The van der Waals surface area contributed by atoms with Gasteiger partial charge in [-0.05, 0) is 41.5 Å². The molecule has 7 nitrogen and oxygen atoms in total. The molecule has 0 aliphatic heterocycles. The van der Waals surface area contributed by atoms with Gasteiger partial charge >= 0.3 is 0 Å². The van der Waals surface area contributed by atoms with Crippen LogP contribution in [0.3, 0.4) is 0 Å². The first-order valence-electron chi connectivity index (χ1n) is 8.46. The highest BCUT2D eigenvalue weighted by molar-refractivity contribution is 6.01. The van der Waals surface area contributed by atoms with Gasteiger partial charge in [-0.2, -0.15) is 0 Å². The van der Waals surface area contributed by atoms with Crippen LogP contribution < -0.4 is 15.8 Å². The number of nitrogens with one attached hydrogen (secondary N) is 1. The predicted octanol–water partition coefficient (Wildman–Crippen LogP) is 2.81. The lowest BCUT2D eigenvalue weighted by molar-refractivity contribution is -0.111. The summed E-state index contributed by atoms with van der Waals surface area (Å²) in [7, 11) is 0. The van der Waals surface area contributed by atoms with Crippen LogP contribution >= 0.6 is 0 Å². The van der Waals surface area contributed by atoms with E-state index in [0.29, 0.717) is 11.4 Å². The Balaban J connectivity index is 1.59. The first-order valence-corrected chi connectivity index (χ1v) is 8.46. The number of hydrogen-bond acceptors (Lipinski definition) is 5. The lowest BCUT2D eigenvalue weighted by atomic mass is 10.2. The van der Waals surface area contributed by atoms with E-state index in [-0.39, 0.29) is 18.1 Å². The Morgan fingerprint density at radius 3 is 2.75 bits per heavy atom. The van der Waals surface area contributed by atoms with Crippen LogP contribution in [0.25, 0.3) is 6.08 Å². The summed E-state index contributed by atoms with van der Waals surface area (Å²) in [5.74, 6) is -0.382. The first-order chi connectivity index (χ1) is 13.6. The fourth-order valence-corrected chi connectivity index (χ4v) is 2.37. The zero-order chi connectivity index (χ0) is 19.8. The Bertz CT molecular complexity index is 1000. The molecule has 0 spiro atoms. The smallest absolute Gasteiger partial charge is 0.250 e. The molecule has 3 rings (SSSR count). The van der Waals surface area contributed by atoms with E-state index in [1.165, 1.54) is 24.5 Å². The highest BCUT2D eigenvalue weighted by Crippen LogP contribution is 2.16. The maximum absolute atomic E-state index is 12.1. The second-order valence-electron chi connectivity index (χ2n) is 5.87. The number of ether oxygens (including phenoxy) is 1. The third-order valence-electron chi connectivity index (χ3n) is 3.71. The van der Waals surface area contributed by atoms with Crippen molar-refractivity contribution >= 4 is 23.6 Å². The van der Waals surface area contributed by atoms with Gasteiger partial charge in [0.15, 0.2) is 0 Å². The number of hydrogen-bond donors (Lipinski definition) is 2. The molecule has 0 saturated heterocycles. The van der Waals surface area contributed by atoms with E-state index in [4.69, 9.17) is 10.5 Å². The summed E-state index contributed by atoms with van der Waals surface area (Å²) in [5, 5.41) is 2.80. The van der Waals surface area contributed by atoms with Crippen molar-refractivity contribution in [2.24, 2.45) is 5.73 Å². The van der Waals surface area contributed by atoms with Crippen molar-refractivity contribution < 1.29 is 14.3 Å². The highest BCUT2D eigenvalue weighted by atomic mass is 16.5. The number of nitrogens with two attached hydrogens (primary N) is 1. The average Bonchev–Trinajstić information content (AvgIpc) is 2.72. The van der Waals surface area contributed by atoms with Crippen LogP contribution in [0.1, 0.15) is 21.5 Å². The van der Waals surface area contributed by atoms with E-state index in [1.807, 2.05) is 18.2 Å². The normalized spacial score (nSPS) is 10.6. The van der Waals surface area contributed by atoms with Crippen molar-refractivity contribution in [2.75, 3.05) is 5.32 Å². The Labute approximate surface area is 161 Å². The van der Waals surface area contributed by atoms with Gasteiger partial charge in [0.25, 0.3) is 0 Å². The van der Waals surface area contributed by atoms with Gasteiger partial charge in [0.05, 0.1) is 11.8 Å². The fourth-order valence-electron chi connectivity index (χ4n) is 2.37. The van der Waals surface area contributed by atoms with Gasteiger partial charge in [0, 0.05) is 30.4 Å². The SMILES string of the molecule is NC(=O)c1cncc(OCc2cccc(NC(=O)C=Cc3cccnc3)c2)c1. The second kappa shape index (κ2) is 9.09. The van der Waals surface area contributed by atoms with Crippen LogP contribution in [0.2, 0.25) is 0 Å². The zero-order valence-electron chi connectivity index (χ0n) is 14.9. The Kier molecular flexibility index (Phi) is 6.10. The summed E-state index contributed by atoms with van der Waals surface area (Å²) in [6.07, 6.45) is 9.36. The van der Waals surface area contributed by atoms with Crippen molar-refractivity contribution in [3.8, 4) is 5.75 Å². The summed E-state index contributed by atoms with van der Waals surface area (Å²) < 4.78 is 5.64. The molecule has 140 valence electrons. The van der Waals surface area contributed by atoms with E-state index in [1.54, 1.807) is 36.7 Å². The van der Waals surface area contributed by atoms with Gasteiger partial charge < -0.3 is 15.8 Å². The molecule has 0 saturated carbocycles. The maximum atomic E-state index is 12.1. The molecule has 0 atom stereocenters. The molecule has 0 unspecified atom stereocenters. The van der Waals surface area contributed by atoms with Crippen LogP contribution in [-0.2, 0) is 11.4 Å². The molecule has 0 fully saturated rings. The van der Waals surface area contributed by atoms with E-state index in [9.17, 15) is 9.59 Å². The van der Waals surface area contributed by atoms with Gasteiger partial charge in [-0.1, -0.05) is 18.2 Å². The van der Waals surface area contributed by atoms with Gasteiger partial charge in [-0.15, -0.1) is 0 Å². The molecule has 0 bridgehead atoms.